The Labute approximate surface area is 132 Å². The number of carbonyl (C=O) groups excluding carboxylic acids is 1. The average Bonchev–Trinajstić information content (AvgIpc) is 2.89. The summed E-state index contributed by atoms with van der Waals surface area (Å²) < 4.78 is 6.54. The Morgan fingerprint density at radius 2 is 1.90 bits per heavy atom. The number of hydrogen-bond donors (Lipinski definition) is 1. The van der Waals surface area contributed by atoms with Crippen molar-refractivity contribution in [2.45, 2.75) is 20.3 Å². The highest BCUT2D eigenvalue weighted by Crippen LogP contribution is 2.35. The van der Waals surface area contributed by atoms with E-state index in [1.54, 1.807) is 6.07 Å². The van der Waals surface area contributed by atoms with E-state index in [2.05, 4.69) is 15.9 Å². The Morgan fingerprint density at radius 3 is 2.67 bits per heavy atom. The maximum absolute atomic E-state index is 12.9. The summed E-state index contributed by atoms with van der Waals surface area (Å²) in [6, 6.07) is 7.54. The highest BCUT2D eigenvalue weighted by atomic mass is 79.9. The van der Waals surface area contributed by atoms with Crippen molar-refractivity contribution in [3.05, 3.63) is 56.6 Å². The van der Waals surface area contributed by atoms with Gasteiger partial charge in [0.05, 0.1) is 12.2 Å². The highest BCUT2D eigenvalue weighted by Gasteiger charge is 2.24. The summed E-state index contributed by atoms with van der Waals surface area (Å²) in [5.41, 5.74) is 10.8. The Bertz CT molecular complexity index is 753. The number of benzene rings is 2. The topological polar surface area (TPSA) is 52.3 Å². The lowest BCUT2D eigenvalue weighted by Gasteiger charge is -2.12. The normalized spacial score (nSPS) is 12.9. The van der Waals surface area contributed by atoms with Crippen molar-refractivity contribution < 1.29 is 9.53 Å². The standard InChI is InChI=1S/C17H16BrNO2/c1-9-5-10(2)15(19)8-13(9)16(20)14-7-12(18)6-11-3-4-21-17(11)14/h5-8H,3-4,19H2,1-2H3. The van der Waals surface area contributed by atoms with Crippen molar-refractivity contribution in [2.24, 2.45) is 0 Å². The number of nitrogen functional groups attached to an aromatic ring is 1. The van der Waals surface area contributed by atoms with Gasteiger partial charge in [0.25, 0.3) is 0 Å². The van der Waals surface area contributed by atoms with E-state index < -0.39 is 0 Å². The second-order valence-electron chi connectivity index (χ2n) is 5.39. The molecule has 3 rings (SSSR count). The van der Waals surface area contributed by atoms with Crippen molar-refractivity contribution in [3.8, 4) is 5.75 Å². The molecule has 0 radical (unpaired) electrons. The number of carbonyl (C=O) groups is 1. The molecule has 2 aromatic rings. The first-order valence-electron chi connectivity index (χ1n) is 6.84. The van der Waals surface area contributed by atoms with Crippen molar-refractivity contribution in [1.82, 2.24) is 0 Å². The van der Waals surface area contributed by atoms with E-state index in [4.69, 9.17) is 10.5 Å². The van der Waals surface area contributed by atoms with Crippen LogP contribution in [0.4, 0.5) is 5.69 Å². The number of halogens is 1. The molecule has 0 saturated heterocycles. The summed E-state index contributed by atoms with van der Waals surface area (Å²) in [5.74, 6) is 0.667. The van der Waals surface area contributed by atoms with Gasteiger partial charge in [-0.2, -0.15) is 0 Å². The fourth-order valence-corrected chi connectivity index (χ4v) is 3.20. The zero-order valence-corrected chi connectivity index (χ0v) is 13.6. The fourth-order valence-electron chi connectivity index (χ4n) is 2.70. The van der Waals surface area contributed by atoms with E-state index >= 15 is 0 Å². The molecule has 0 aromatic heterocycles. The molecule has 2 N–H and O–H groups in total. The number of anilines is 1. The first-order chi connectivity index (χ1) is 9.97. The van der Waals surface area contributed by atoms with Crippen LogP contribution in [0.3, 0.4) is 0 Å². The molecule has 0 fully saturated rings. The van der Waals surface area contributed by atoms with Crippen LogP contribution in [-0.4, -0.2) is 12.4 Å². The van der Waals surface area contributed by atoms with E-state index in [1.165, 1.54) is 0 Å². The molecule has 21 heavy (non-hydrogen) atoms. The Kier molecular flexibility index (Phi) is 3.49. The smallest absolute Gasteiger partial charge is 0.197 e. The Morgan fingerprint density at radius 1 is 1.14 bits per heavy atom. The highest BCUT2D eigenvalue weighted by molar-refractivity contribution is 9.10. The maximum Gasteiger partial charge on any atom is 0.197 e. The third kappa shape index (κ3) is 2.44. The quantitative estimate of drug-likeness (QED) is 0.665. The minimum atomic E-state index is -0.0429. The lowest BCUT2D eigenvalue weighted by Crippen LogP contribution is -2.07. The monoisotopic (exact) mass is 345 g/mol. The fraction of sp³-hybridized carbons (Fsp3) is 0.235. The largest absolute Gasteiger partial charge is 0.492 e. The summed E-state index contributed by atoms with van der Waals surface area (Å²) in [7, 11) is 0. The molecule has 0 aliphatic carbocycles. The van der Waals surface area contributed by atoms with E-state index in [0.717, 1.165) is 27.6 Å². The molecule has 4 heteroatoms. The van der Waals surface area contributed by atoms with Crippen LogP contribution in [0.2, 0.25) is 0 Å². The van der Waals surface area contributed by atoms with Crippen LogP contribution in [0.15, 0.2) is 28.7 Å². The molecular formula is C17H16BrNO2. The predicted octanol–water partition coefficient (Wildman–Crippen LogP) is 3.81. The number of rotatable bonds is 2. The number of hydrogen-bond acceptors (Lipinski definition) is 3. The Balaban J connectivity index is 2.14. The molecule has 1 aliphatic rings. The van der Waals surface area contributed by atoms with E-state index in [1.807, 2.05) is 32.0 Å². The molecule has 0 amide bonds. The number of fused-ring (bicyclic) bond motifs is 1. The van der Waals surface area contributed by atoms with Gasteiger partial charge in [0.1, 0.15) is 5.75 Å². The van der Waals surface area contributed by atoms with Gasteiger partial charge in [-0.15, -0.1) is 0 Å². The van der Waals surface area contributed by atoms with Crippen LogP contribution in [-0.2, 0) is 6.42 Å². The summed E-state index contributed by atoms with van der Waals surface area (Å²) >= 11 is 3.47. The zero-order chi connectivity index (χ0) is 15.1. The molecule has 0 unspecified atom stereocenters. The van der Waals surface area contributed by atoms with Gasteiger partial charge >= 0.3 is 0 Å². The van der Waals surface area contributed by atoms with E-state index in [9.17, 15) is 4.79 Å². The molecule has 0 bridgehead atoms. The van der Waals surface area contributed by atoms with Crippen molar-refractivity contribution >= 4 is 27.4 Å². The van der Waals surface area contributed by atoms with Crippen LogP contribution in [0.1, 0.15) is 32.6 Å². The first-order valence-corrected chi connectivity index (χ1v) is 7.63. The van der Waals surface area contributed by atoms with Gasteiger partial charge < -0.3 is 10.5 Å². The zero-order valence-electron chi connectivity index (χ0n) is 12.0. The van der Waals surface area contributed by atoms with Crippen LogP contribution < -0.4 is 10.5 Å². The predicted molar refractivity (Wildman–Crippen MR) is 87.1 cm³/mol. The second-order valence-corrected chi connectivity index (χ2v) is 6.31. The van der Waals surface area contributed by atoms with Crippen molar-refractivity contribution in [1.29, 1.82) is 0 Å². The van der Waals surface area contributed by atoms with Crippen LogP contribution in [0.25, 0.3) is 0 Å². The number of ether oxygens (including phenoxy) is 1. The van der Waals surface area contributed by atoms with Crippen LogP contribution in [0.5, 0.6) is 5.75 Å². The molecule has 0 atom stereocenters. The van der Waals surface area contributed by atoms with Gasteiger partial charge in [0.2, 0.25) is 0 Å². The lowest BCUT2D eigenvalue weighted by molar-refractivity contribution is 0.103. The van der Waals surface area contributed by atoms with Gasteiger partial charge in [-0.25, -0.2) is 0 Å². The van der Waals surface area contributed by atoms with Crippen LogP contribution in [0, 0.1) is 13.8 Å². The van der Waals surface area contributed by atoms with Crippen molar-refractivity contribution in [2.75, 3.05) is 12.3 Å². The molecule has 2 aromatic carbocycles. The summed E-state index contributed by atoms with van der Waals surface area (Å²) in [6.07, 6.45) is 0.837. The number of nitrogens with two attached hydrogens (primary N) is 1. The molecule has 1 heterocycles. The van der Waals surface area contributed by atoms with Gasteiger partial charge in [0, 0.05) is 22.1 Å². The third-order valence-corrected chi connectivity index (χ3v) is 4.31. The van der Waals surface area contributed by atoms with E-state index in [-0.39, 0.29) is 5.78 Å². The molecule has 0 saturated carbocycles. The summed E-state index contributed by atoms with van der Waals surface area (Å²) in [4.78, 5) is 12.9. The number of ketones is 1. The molecule has 0 spiro atoms. The van der Waals surface area contributed by atoms with Crippen LogP contribution >= 0.6 is 15.9 Å². The lowest BCUT2D eigenvalue weighted by atomic mass is 9.95. The average molecular weight is 346 g/mol. The number of aryl methyl sites for hydroxylation is 2. The molecule has 3 nitrogen and oxygen atoms in total. The molecular weight excluding hydrogens is 330 g/mol. The molecule has 1 aliphatic heterocycles. The van der Waals surface area contributed by atoms with Gasteiger partial charge in [-0.3, -0.25) is 4.79 Å². The SMILES string of the molecule is Cc1cc(C)c(C(=O)c2cc(Br)cc3c2OCC3)cc1N. The molecule has 108 valence electrons. The van der Waals surface area contributed by atoms with E-state index in [0.29, 0.717) is 29.2 Å². The van der Waals surface area contributed by atoms with Crippen molar-refractivity contribution in [3.63, 3.8) is 0 Å². The van der Waals surface area contributed by atoms with Gasteiger partial charge in [-0.05, 0) is 48.7 Å². The Hall–Kier alpha value is -1.81. The van der Waals surface area contributed by atoms with Gasteiger partial charge in [-0.1, -0.05) is 22.0 Å². The first kappa shape index (κ1) is 14.1. The van der Waals surface area contributed by atoms with Gasteiger partial charge in [0.15, 0.2) is 5.78 Å². The minimum Gasteiger partial charge on any atom is -0.492 e. The summed E-state index contributed by atoms with van der Waals surface area (Å²) in [6.45, 7) is 4.50. The second kappa shape index (κ2) is 5.19. The minimum absolute atomic E-state index is 0.0429. The third-order valence-electron chi connectivity index (χ3n) is 3.85. The summed E-state index contributed by atoms with van der Waals surface area (Å²) in [5, 5.41) is 0. The maximum atomic E-state index is 12.9.